The van der Waals surface area contributed by atoms with Crippen molar-refractivity contribution in [2.24, 2.45) is 0 Å². The molecule has 1 fully saturated rings. The molecule has 0 bridgehead atoms. The molecule has 1 amide bonds. The average molecular weight is 476 g/mol. The van der Waals surface area contributed by atoms with Gasteiger partial charge in [0.05, 0.1) is 37.1 Å². The number of carbonyl (C=O) groups excluding carboxylic acids is 1. The number of para-hydroxylation sites is 1. The van der Waals surface area contributed by atoms with Crippen molar-refractivity contribution in [3.8, 4) is 34.3 Å². The van der Waals surface area contributed by atoms with Crippen molar-refractivity contribution < 1.29 is 18.8 Å². The zero-order valence-corrected chi connectivity index (χ0v) is 20.1. The maximum Gasteiger partial charge on any atom is 0.262 e. The van der Waals surface area contributed by atoms with E-state index in [0.717, 1.165) is 42.5 Å². The monoisotopic (exact) mass is 475 g/mol. The largest absolute Gasteiger partial charge is 0.493 e. The van der Waals surface area contributed by atoms with Crippen LogP contribution in [0.1, 0.15) is 32.1 Å². The summed E-state index contributed by atoms with van der Waals surface area (Å²) in [5, 5.41) is 4.16. The number of hydrogen-bond donors (Lipinski definition) is 0. The van der Waals surface area contributed by atoms with Crippen LogP contribution in [0, 0.1) is 0 Å². The molecule has 1 aliphatic rings. The molecule has 0 aliphatic carbocycles. The highest BCUT2D eigenvalue weighted by Gasteiger charge is 2.19. The third-order valence-corrected chi connectivity index (χ3v) is 6.46. The second-order valence-electron chi connectivity index (χ2n) is 8.65. The predicted octanol–water partition coefficient (Wildman–Crippen LogP) is 4.56. The standard InChI is InChI=1S/C26H29N5O4/c1-33-22-9-7-8-19(24(22)34-2)26-28-25(29-35-26)18-10-11-21-20(16-18)27-17-31(21)15-12-23(32)30-13-5-3-4-6-14-30/h7-11,16-17H,3-6,12-15H2,1-2H3. The summed E-state index contributed by atoms with van der Waals surface area (Å²) in [4.78, 5) is 23.8. The lowest BCUT2D eigenvalue weighted by Crippen LogP contribution is -2.32. The van der Waals surface area contributed by atoms with Gasteiger partial charge in [-0.1, -0.05) is 24.1 Å². The molecule has 0 saturated carbocycles. The number of benzene rings is 2. The molecule has 4 aromatic rings. The lowest BCUT2D eigenvalue weighted by molar-refractivity contribution is -0.131. The van der Waals surface area contributed by atoms with E-state index in [2.05, 4.69) is 15.1 Å². The summed E-state index contributed by atoms with van der Waals surface area (Å²) < 4.78 is 18.4. The van der Waals surface area contributed by atoms with E-state index in [1.165, 1.54) is 12.8 Å². The summed E-state index contributed by atoms with van der Waals surface area (Å²) in [7, 11) is 3.16. The number of aromatic nitrogens is 4. The van der Waals surface area contributed by atoms with Crippen molar-refractivity contribution in [2.75, 3.05) is 27.3 Å². The van der Waals surface area contributed by atoms with Crippen LogP contribution in [0.3, 0.4) is 0 Å². The molecule has 3 heterocycles. The van der Waals surface area contributed by atoms with Crippen molar-refractivity contribution in [2.45, 2.75) is 38.6 Å². The Morgan fingerprint density at radius 1 is 1.06 bits per heavy atom. The Kier molecular flexibility index (Phi) is 6.65. The van der Waals surface area contributed by atoms with Gasteiger partial charge in [0.2, 0.25) is 11.7 Å². The van der Waals surface area contributed by atoms with E-state index < -0.39 is 0 Å². The maximum atomic E-state index is 12.7. The smallest absolute Gasteiger partial charge is 0.262 e. The van der Waals surface area contributed by atoms with E-state index >= 15 is 0 Å². The van der Waals surface area contributed by atoms with Gasteiger partial charge in [0.25, 0.3) is 5.89 Å². The fourth-order valence-electron chi connectivity index (χ4n) is 4.58. The SMILES string of the molecule is COc1cccc(-c2nc(-c3ccc4c(c3)ncn4CCC(=O)N3CCCCCC3)no2)c1OC. The van der Waals surface area contributed by atoms with E-state index in [9.17, 15) is 4.79 Å². The Labute approximate surface area is 203 Å². The Morgan fingerprint density at radius 2 is 1.89 bits per heavy atom. The van der Waals surface area contributed by atoms with Crippen LogP contribution in [0.2, 0.25) is 0 Å². The zero-order valence-electron chi connectivity index (χ0n) is 20.1. The third-order valence-electron chi connectivity index (χ3n) is 6.46. The quantitative estimate of drug-likeness (QED) is 0.386. The molecule has 2 aromatic carbocycles. The minimum absolute atomic E-state index is 0.220. The lowest BCUT2D eigenvalue weighted by Gasteiger charge is -2.20. The highest BCUT2D eigenvalue weighted by Crippen LogP contribution is 2.37. The molecule has 0 atom stereocenters. The van der Waals surface area contributed by atoms with Crippen molar-refractivity contribution in [3.63, 3.8) is 0 Å². The number of ether oxygens (including phenoxy) is 2. The second-order valence-corrected chi connectivity index (χ2v) is 8.65. The van der Waals surface area contributed by atoms with E-state index in [0.29, 0.717) is 41.7 Å². The molecule has 1 saturated heterocycles. The Bertz CT molecular complexity index is 1320. The topological polar surface area (TPSA) is 95.5 Å². The van der Waals surface area contributed by atoms with Crippen LogP contribution in [0.25, 0.3) is 33.9 Å². The van der Waals surface area contributed by atoms with Gasteiger partial charge < -0.3 is 23.5 Å². The first-order valence-electron chi connectivity index (χ1n) is 12.0. The normalized spacial score (nSPS) is 14.2. The molecule has 1 aliphatic heterocycles. The van der Waals surface area contributed by atoms with Crippen LogP contribution >= 0.6 is 0 Å². The predicted molar refractivity (Wildman–Crippen MR) is 131 cm³/mol. The summed E-state index contributed by atoms with van der Waals surface area (Å²) in [6, 6.07) is 11.4. The average Bonchev–Trinajstić information content (AvgIpc) is 3.45. The van der Waals surface area contributed by atoms with Crippen molar-refractivity contribution in [3.05, 3.63) is 42.7 Å². The first-order chi connectivity index (χ1) is 17.2. The van der Waals surface area contributed by atoms with E-state index in [-0.39, 0.29) is 5.91 Å². The molecular weight excluding hydrogens is 446 g/mol. The van der Waals surface area contributed by atoms with Crippen LogP contribution < -0.4 is 9.47 Å². The minimum atomic E-state index is 0.220. The number of carbonyl (C=O) groups is 1. The van der Waals surface area contributed by atoms with Crippen LogP contribution in [0.15, 0.2) is 47.2 Å². The molecule has 2 aromatic heterocycles. The summed E-state index contributed by atoms with van der Waals surface area (Å²) in [5.74, 6) is 2.14. The fourth-order valence-corrected chi connectivity index (χ4v) is 4.58. The highest BCUT2D eigenvalue weighted by atomic mass is 16.5. The van der Waals surface area contributed by atoms with Gasteiger partial charge in [-0.3, -0.25) is 4.79 Å². The van der Waals surface area contributed by atoms with Crippen molar-refractivity contribution in [1.82, 2.24) is 24.6 Å². The number of nitrogens with zero attached hydrogens (tertiary/aromatic N) is 5. The van der Waals surface area contributed by atoms with E-state index in [1.807, 2.05) is 45.9 Å². The van der Waals surface area contributed by atoms with E-state index in [1.54, 1.807) is 20.5 Å². The fraction of sp³-hybridized carbons (Fsp3) is 0.385. The van der Waals surface area contributed by atoms with Crippen LogP contribution in [-0.2, 0) is 11.3 Å². The lowest BCUT2D eigenvalue weighted by atomic mass is 10.1. The van der Waals surface area contributed by atoms with Gasteiger partial charge in [-0.15, -0.1) is 0 Å². The summed E-state index contributed by atoms with van der Waals surface area (Å²) in [6.07, 6.45) is 6.90. The molecule has 9 nitrogen and oxygen atoms in total. The van der Waals surface area contributed by atoms with Gasteiger partial charge in [0.15, 0.2) is 11.5 Å². The van der Waals surface area contributed by atoms with Gasteiger partial charge in [0.1, 0.15) is 0 Å². The van der Waals surface area contributed by atoms with Gasteiger partial charge in [-0.2, -0.15) is 4.98 Å². The van der Waals surface area contributed by atoms with Crippen LogP contribution in [-0.4, -0.2) is 57.8 Å². The zero-order chi connectivity index (χ0) is 24.2. The molecule has 0 spiro atoms. The number of aryl methyl sites for hydroxylation is 1. The second kappa shape index (κ2) is 10.2. The van der Waals surface area contributed by atoms with Gasteiger partial charge >= 0.3 is 0 Å². The molecule has 0 unspecified atom stereocenters. The number of amides is 1. The molecule has 0 radical (unpaired) electrons. The number of fused-ring (bicyclic) bond motifs is 1. The first-order valence-corrected chi connectivity index (χ1v) is 12.0. The van der Waals surface area contributed by atoms with Gasteiger partial charge in [-0.25, -0.2) is 4.98 Å². The molecule has 182 valence electrons. The van der Waals surface area contributed by atoms with Gasteiger partial charge in [0, 0.05) is 31.6 Å². The summed E-state index contributed by atoms with van der Waals surface area (Å²) >= 11 is 0. The molecule has 5 rings (SSSR count). The Balaban J connectivity index is 1.33. The molecule has 35 heavy (non-hydrogen) atoms. The molecule has 0 N–H and O–H groups in total. The Morgan fingerprint density at radius 3 is 2.66 bits per heavy atom. The van der Waals surface area contributed by atoms with Crippen LogP contribution in [0.4, 0.5) is 0 Å². The number of hydrogen-bond acceptors (Lipinski definition) is 7. The van der Waals surface area contributed by atoms with Crippen LogP contribution in [0.5, 0.6) is 11.5 Å². The molecular formula is C26H29N5O4. The number of rotatable bonds is 7. The minimum Gasteiger partial charge on any atom is -0.493 e. The van der Waals surface area contributed by atoms with Gasteiger partial charge in [-0.05, 0) is 43.2 Å². The number of imidazole rings is 1. The summed E-state index contributed by atoms with van der Waals surface area (Å²) in [5.41, 5.74) is 3.23. The highest BCUT2D eigenvalue weighted by molar-refractivity contribution is 5.81. The number of likely N-dealkylation sites (tertiary alicyclic amines) is 1. The summed E-state index contributed by atoms with van der Waals surface area (Å²) in [6.45, 7) is 2.36. The van der Waals surface area contributed by atoms with Crippen molar-refractivity contribution >= 4 is 16.9 Å². The first kappa shape index (κ1) is 22.9. The third kappa shape index (κ3) is 4.71. The number of methoxy groups -OCH3 is 2. The molecule has 9 heteroatoms. The maximum absolute atomic E-state index is 12.7. The van der Waals surface area contributed by atoms with Crippen molar-refractivity contribution in [1.29, 1.82) is 0 Å². The Hall–Kier alpha value is -3.88. The van der Waals surface area contributed by atoms with E-state index in [4.69, 9.17) is 14.0 Å².